The normalized spacial score (nSPS) is 10.9. The maximum atomic E-state index is 11.0. The zero-order valence-corrected chi connectivity index (χ0v) is 13.0. The fraction of sp³-hybridized carbons (Fsp3) is 0. The molecule has 0 unspecified atom stereocenters. The lowest BCUT2D eigenvalue weighted by atomic mass is 10.2. The number of aromatic carboxylic acids is 1. The Morgan fingerprint density at radius 2 is 2.00 bits per heavy atom. The van der Waals surface area contributed by atoms with Crippen molar-refractivity contribution >= 4 is 52.7 Å². The number of phenolic OH excluding ortho intramolecular Hbond substituents is 1. The minimum atomic E-state index is -1.34. The lowest BCUT2D eigenvalue weighted by Gasteiger charge is -2.09. The summed E-state index contributed by atoms with van der Waals surface area (Å²) in [6, 6.07) is 6.34. The number of carboxylic acids is 1. The van der Waals surface area contributed by atoms with Crippen LogP contribution >= 0.6 is 34.8 Å². The number of rotatable bonds is 4. The van der Waals surface area contributed by atoms with E-state index in [1.807, 2.05) is 0 Å². The summed E-state index contributed by atoms with van der Waals surface area (Å²) in [6.07, 6.45) is 1.39. The van der Waals surface area contributed by atoms with Crippen molar-refractivity contribution in [1.82, 2.24) is 4.98 Å². The molecule has 2 aromatic rings. The first-order valence-corrected chi connectivity index (χ1v) is 6.89. The van der Waals surface area contributed by atoms with Crippen LogP contribution in [0.4, 0.5) is 5.69 Å². The molecular formula is C13H8Cl3N3O3. The monoisotopic (exact) mass is 359 g/mol. The maximum absolute atomic E-state index is 11.0. The average molecular weight is 361 g/mol. The van der Waals surface area contributed by atoms with Crippen LogP contribution in [0.1, 0.15) is 16.1 Å². The highest BCUT2D eigenvalue weighted by Crippen LogP contribution is 2.36. The highest BCUT2D eigenvalue weighted by Gasteiger charge is 2.20. The molecular weight excluding hydrogens is 353 g/mol. The molecule has 114 valence electrons. The van der Waals surface area contributed by atoms with Gasteiger partial charge in [-0.25, -0.2) is 9.78 Å². The van der Waals surface area contributed by atoms with E-state index >= 15 is 0 Å². The zero-order valence-electron chi connectivity index (χ0n) is 10.7. The Labute approximate surface area is 140 Å². The van der Waals surface area contributed by atoms with E-state index in [1.54, 1.807) is 12.1 Å². The van der Waals surface area contributed by atoms with Crippen LogP contribution in [0.25, 0.3) is 0 Å². The molecule has 0 radical (unpaired) electrons. The second-order valence-corrected chi connectivity index (χ2v) is 5.14. The van der Waals surface area contributed by atoms with Crippen LogP contribution in [-0.4, -0.2) is 27.4 Å². The molecule has 3 N–H and O–H groups in total. The molecule has 0 fully saturated rings. The topological polar surface area (TPSA) is 94.8 Å². The van der Waals surface area contributed by atoms with Crippen molar-refractivity contribution < 1.29 is 15.0 Å². The minimum absolute atomic E-state index is 0.0251. The summed E-state index contributed by atoms with van der Waals surface area (Å²) in [4.78, 5) is 14.6. The molecule has 0 aliphatic rings. The van der Waals surface area contributed by atoms with Crippen molar-refractivity contribution in [2.75, 3.05) is 5.43 Å². The molecule has 0 saturated heterocycles. The van der Waals surface area contributed by atoms with E-state index in [1.165, 1.54) is 18.3 Å². The van der Waals surface area contributed by atoms with E-state index < -0.39 is 11.7 Å². The minimum Gasteiger partial charge on any atom is -0.508 e. The van der Waals surface area contributed by atoms with Gasteiger partial charge in [-0.05, 0) is 17.7 Å². The molecule has 0 atom stereocenters. The van der Waals surface area contributed by atoms with Gasteiger partial charge in [-0.3, -0.25) is 5.43 Å². The van der Waals surface area contributed by atoms with Gasteiger partial charge < -0.3 is 10.2 Å². The Kier molecular flexibility index (Phi) is 5.07. The van der Waals surface area contributed by atoms with E-state index in [-0.39, 0.29) is 26.6 Å². The first kappa shape index (κ1) is 16.4. The zero-order chi connectivity index (χ0) is 16.3. The molecule has 0 aliphatic heterocycles. The third kappa shape index (κ3) is 3.59. The molecule has 1 heterocycles. The Bertz CT molecular complexity index is 766. The van der Waals surface area contributed by atoms with Gasteiger partial charge in [-0.2, -0.15) is 5.10 Å². The Morgan fingerprint density at radius 3 is 2.64 bits per heavy atom. The molecule has 22 heavy (non-hydrogen) atoms. The molecule has 0 saturated carbocycles. The molecule has 0 aliphatic carbocycles. The number of carbonyl (C=O) groups is 1. The van der Waals surface area contributed by atoms with Crippen molar-refractivity contribution in [2.24, 2.45) is 5.10 Å². The number of hydrogen-bond donors (Lipinski definition) is 3. The smallest absolute Gasteiger partial charge is 0.356 e. The van der Waals surface area contributed by atoms with Gasteiger partial charge in [0.05, 0.1) is 11.9 Å². The summed E-state index contributed by atoms with van der Waals surface area (Å²) < 4.78 is 0. The first-order chi connectivity index (χ1) is 10.4. The number of hydrazone groups is 1. The van der Waals surface area contributed by atoms with E-state index in [2.05, 4.69) is 15.5 Å². The highest BCUT2D eigenvalue weighted by atomic mass is 35.5. The van der Waals surface area contributed by atoms with Crippen LogP contribution in [-0.2, 0) is 0 Å². The van der Waals surface area contributed by atoms with Crippen LogP contribution in [0.15, 0.2) is 29.4 Å². The Hall–Kier alpha value is -2.02. The fourth-order valence-corrected chi connectivity index (χ4v) is 2.20. The van der Waals surface area contributed by atoms with Crippen LogP contribution in [0, 0.1) is 0 Å². The van der Waals surface area contributed by atoms with Crippen molar-refractivity contribution in [3.05, 3.63) is 50.7 Å². The summed E-state index contributed by atoms with van der Waals surface area (Å²) in [5.41, 5.74) is 2.72. The van der Waals surface area contributed by atoms with Crippen LogP contribution in [0.5, 0.6) is 5.75 Å². The van der Waals surface area contributed by atoms with Gasteiger partial charge in [0.2, 0.25) is 0 Å². The first-order valence-electron chi connectivity index (χ1n) is 5.76. The van der Waals surface area contributed by atoms with Gasteiger partial charge in [0.25, 0.3) is 0 Å². The number of phenols is 1. The number of pyridine rings is 1. The van der Waals surface area contributed by atoms with E-state index in [4.69, 9.17) is 39.9 Å². The quantitative estimate of drug-likeness (QED) is 0.437. The van der Waals surface area contributed by atoms with Crippen molar-refractivity contribution in [2.45, 2.75) is 0 Å². The molecule has 9 heteroatoms. The lowest BCUT2D eigenvalue weighted by Crippen LogP contribution is -2.05. The number of carboxylic acid groups (broad SMARTS) is 1. The summed E-state index contributed by atoms with van der Waals surface area (Å²) in [7, 11) is 0. The van der Waals surface area contributed by atoms with E-state index in [9.17, 15) is 9.90 Å². The summed E-state index contributed by atoms with van der Waals surface area (Å²) in [6.45, 7) is 0. The second kappa shape index (κ2) is 6.83. The number of anilines is 1. The predicted molar refractivity (Wildman–Crippen MR) is 85.5 cm³/mol. The third-order valence-corrected chi connectivity index (χ3v) is 3.61. The number of aromatic hydroxyl groups is 1. The molecule has 0 spiro atoms. The molecule has 6 nitrogen and oxygen atoms in total. The van der Waals surface area contributed by atoms with Crippen molar-refractivity contribution in [3.8, 4) is 5.75 Å². The van der Waals surface area contributed by atoms with Crippen molar-refractivity contribution in [1.29, 1.82) is 0 Å². The molecule has 0 amide bonds. The number of nitrogens with zero attached hydrogens (tertiary/aromatic N) is 2. The Morgan fingerprint density at radius 1 is 1.27 bits per heavy atom. The average Bonchev–Trinajstić information content (AvgIpc) is 2.46. The number of nitrogens with one attached hydrogen (secondary N) is 1. The largest absolute Gasteiger partial charge is 0.508 e. The summed E-state index contributed by atoms with van der Waals surface area (Å²) >= 11 is 17.6. The Balaban J connectivity index is 2.31. The molecule has 1 aromatic heterocycles. The number of hydrogen-bond acceptors (Lipinski definition) is 5. The van der Waals surface area contributed by atoms with Crippen molar-refractivity contribution in [3.63, 3.8) is 0 Å². The maximum Gasteiger partial charge on any atom is 0.356 e. The SMILES string of the molecule is O=C(O)c1nc(Cl)c(Cl)c(N/N=C\c2cccc(O)c2)c1Cl. The summed E-state index contributed by atoms with van der Waals surface area (Å²) in [5.74, 6) is -1.26. The van der Waals surface area contributed by atoms with E-state index in [0.29, 0.717) is 5.56 Å². The van der Waals surface area contributed by atoms with Gasteiger partial charge in [-0.1, -0.05) is 46.9 Å². The van der Waals surface area contributed by atoms with Crippen LogP contribution < -0.4 is 5.43 Å². The lowest BCUT2D eigenvalue weighted by molar-refractivity contribution is 0.0691. The van der Waals surface area contributed by atoms with Gasteiger partial charge in [0.1, 0.15) is 15.8 Å². The predicted octanol–water partition coefficient (Wildman–Crippen LogP) is 3.89. The highest BCUT2D eigenvalue weighted by molar-refractivity contribution is 6.46. The molecule has 0 bridgehead atoms. The summed E-state index contributed by atoms with van der Waals surface area (Å²) in [5, 5.41) is 21.7. The number of aromatic nitrogens is 1. The van der Waals surface area contributed by atoms with Crippen LogP contribution in [0.2, 0.25) is 15.2 Å². The standard InChI is InChI=1S/C13H8Cl3N3O3/c14-8-10(9(15)12(16)18-11(8)13(21)22)19-17-5-6-2-1-3-7(20)4-6/h1-5,20H,(H,18,19)(H,21,22)/b17-5-. The third-order valence-electron chi connectivity index (χ3n) is 2.50. The number of benzene rings is 1. The molecule has 2 rings (SSSR count). The fourth-order valence-electron chi connectivity index (χ4n) is 1.53. The second-order valence-electron chi connectivity index (χ2n) is 4.02. The van der Waals surface area contributed by atoms with Gasteiger partial charge in [-0.15, -0.1) is 0 Å². The van der Waals surface area contributed by atoms with Crippen LogP contribution in [0.3, 0.4) is 0 Å². The van der Waals surface area contributed by atoms with Gasteiger partial charge in [0, 0.05) is 0 Å². The van der Waals surface area contributed by atoms with E-state index in [0.717, 1.165) is 0 Å². The van der Waals surface area contributed by atoms with Gasteiger partial charge >= 0.3 is 5.97 Å². The number of halogens is 3. The molecule has 1 aromatic carbocycles. The van der Waals surface area contributed by atoms with Gasteiger partial charge in [0.15, 0.2) is 10.8 Å².